The number of nitrogens with zero attached hydrogens (tertiary/aromatic N) is 1. The van der Waals surface area contributed by atoms with Crippen molar-refractivity contribution in [2.75, 3.05) is 4.90 Å². The maximum Gasteiger partial charge on any atom is 0.0465 e. The van der Waals surface area contributed by atoms with Crippen molar-refractivity contribution in [1.82, 2.24) is 0 Å². The first-order chi connectivity index (χ1) is 23.4. The van der Waals surface area contributed by atoms with E-state index in [0.29, 0.717) is 5.41 Å². The molecule has 0 N–H and O–H groups in total. The summed E-state index contributed by atoms with van der Waals surface area (Å²) in [7, 11) is 0. The summed E-state index contributed by atoms with van der Waals surface area (Å²) in [6.45, 7) is 4.81. The quantitative estimate of drug-likeness (QED) is 0.205. The van der Waals surface area contributed by atoms with Gasteiger partial charge in [0.05, 0.1) is 0 Å². The second-order valence-electron chi connectivity index (χ2n) is 18.1. The molecule has 0 spiro atoms. The summed E-state index contributed by atoms with van der Waals surface area (Å²) in [5.74, 6) is 5.77. The summed E-state index contributed by atoms with van der Waals surface area (Å²) in [5, 5.41) is 0. The number of rotatable bonds is 6. The highest BCUT2D eigenvalue weighted by atomic mass is 15.1. The second-order valence-corrected chi connectivity index (χ2v) is 18.1. The Hall–Kier alpha value is -3.32. The molecule has 0 amide bonds. The lowest BCUT2D eigenvalue weighted by Crippen LogP contribution is -2.48. The molecule has 0 aliphatic heterocycles. The van der Waals surface area contributed by atoms with Crippen molar-refractivity contribution in [3.05, 3.63) is 113 Å². The summed E-state index contributed by atoms with van der Waals surface area (Å²) in [6, 6.07) is 36.0. The zero-order valence-electron chi connectivity index (χ0n) is 29.3. The third-order valence-corrected chi connectivity index (χ3v) is 14.5. The van der Waals surface area contributed by atoms with Crippen LogP contribution < -0.4 is 4.90 Å². The van der Waals surface area contributed by atoms with E-state index in [9.17, 15) is 0 Å². The van der Waals surface area contributed by atoms with Crippen LogP contribution in [0.3, 0.4) is 0 Å². The minimum Gasteiger partial charge on any atom is -0.310 e. The number of hydrogen-bond donors (Lipinski definition) is 0. The van der Waals surface area contributed by atoms with E-state index in [4.69, 9.17) is 0 Å². The lowest BCUT2D eigenvalue weighted by atomic mass is 9.48. The van der Waals surface area contributed by atoms with Crippen LogP contribution in [-0.4, -0.2) is 0 Å². The van der Waals surface area contributed by atoms with E-state index >= 15 is 0 Å². The Morgan fingerprint density at radius 1 is 0.562 bits per heavy atom. The van der Waals surface area contributed by atoms with Crippen LogP contribution in [0.15, 0.2) is 91.0 Å². The summed E-state index contributed by atoms with van der Waals surface area (Å²) < 4.78 is 0. The van der Waals surface area contributed by atoms with Crippen molar-refractivity contribution in [1.29, 1.82) is 0 Å². The monoisotopic (exact) mass is 631 g/mol. The first kappa shape index (κ1) is 29.6. The van der Waals surface area contributed by atoms with Crippen molar-refractivity contribution in [2.24, 2.45) is 35.5 Å². The first-order valence-electron chi connectivity index (χ1n) is 19.6. The Labute approximate surface area is 289 Å². The normalized spacial score (nSPS) is 32.1. The molecule has 2 unspecified atom stereocenters. The van der Waals surface area contributed by atoms with Crippen LogP contribution in [0, 0.1) is 35.5 Å². The molecule has 6 saturated carbocycles. The highest BCUT2D eigenvalue weighted by Crippen LogP contribution is 2.61. The maximum absolute atomic E-state index is 2.54. The standard InChI is InChI=1S/C47H53N/c1-46(2)44-9-4-3-8-42(44)43-19-18-41(27-45(43)46)48(39-14-10-31(11-15-39)20-34-22-32-6-5-7-33(21-32)23-34)40-16-12-38(13-17-40)47-28-35-24-36(29-47)26-37(25-35)30-47/h3-4,8-19,27,32-37H,5-7,20-26,28-30H2,1-2H3. The van der Waals surface area contributed by atoms with Crippen LogP contribution >= 0.6 is 0 Å². The lowest BCUT2D eigenvalue weighted by molar-refractivity contribution is -0.00518. The SMILES string of the molecule is CC1(C)c2ccccc2-c2ccc(N(c3ccc(CC4CC5CCCC(C5)C4)cc3)c3ccc(C45CC6CC(CC(C6)C4)C5)cc3)cc21. The van der Waals surface area contributed by atoms with Gasteiger partial charge in [0, 0.05) is 22.5 Å². The smallest absolute Gasteiger partial charge is 0.0465 e. The summed E-state index contributed by atoms with van der Waals surface area (Å²) in [6.07, 6.45) is 18.9. The molecular formula is C47H53N. The maximum atomic E-state index is 2.54. The third kappa shape index (κ3) is 4.85. The van der Waals surface area contributed by atoms with Crippen molar-refractivity contribution >= 4 is 17.1 Å². The predicted octanol–water partition coefficient (Wildman–Crippen LogP) is 12.7. The largest absolute Gasteiger partial charge is 0.310 e. The molecule has 0 radical (unpaired) electrons. The molecule has 2 atom stereocenters. The van der Waals surface area contributed by atoms with Gasteiger partial charge in [-0.25, -0.2) is 0 Å². The summed E-state index contributed by atoms with van der Waals surface area (Å²) in [4.78, 5) is 2.54. The first-order valence-corrected chi connectivity index (χ1v) is 19.6. The van der Waals surface area contributed by atoms with E-state index in [1.807, 2.05) is 0 Å². The van der Waals surface area contributed by atoms with Gasteiger partial charge in [-0.3, -0.25) is 0 Å². The molecule has 0 heterocycles. The van der Waals surface area contributed by atoms with Gasteiger partial charge in [0.15, 0.2) is 0 Å². The Balaban J connectivity index is 0.998. The van der Waals surface area contributed by atoms with Crippen LogP contribution in [0.5, 0.6) is 0 Å². The van der Waals surface area contributed by atoms with E-state index in [2.05, 4.69) is 110 Å². The Morgan fingerprint density at radius 3 is 1.79 bits per heavy atom. The minimum atomic E-state index is -0.0158. The fourth-order valence-corrected chi connectivity index (χ4v) is 12.9. The molecule has 1 nitrogen and oxygen atoms in total. The van der Waals surface area contributed by atoms with Crippen LogP contribution in [0.4, 0.5) is 17.1 Å². The van der Waals surface area contributed by atoms with Crippen molar-refractivity contribution in [3.63, 3.8) is 0 Å². The second kappa shape index (κ2) is 11.1. The average molecular weight is 632 g/mol. The lowest BCUT2D eigenvalue weighted by Gasteiger charge is -2.57. The average Bonchev–Trinajstić information content (AvgIpc) is 3.31. The van der Waals surface area contributed by atoms with Crippen LogP contribution in [0.2, 0.25) is 0 Å². The van der Waals surface area contributed by atoms with Crippen LogP contribution in [0.25, 0.3) is 11.1 Å². The number of hydrogen-bond acceptors (Lipinski definition) is 1. The van der Waals surface area contributed by atoms with Crippen molar-refractivity contribution in [2.45, 2.75) is 108 Å². The van der Waals surface area contributed by atoms with Gasteiger partial charge in [0.25, 0.3) is 0 Å². The van der Waals surface area contributed by atoms with Gasteiger partial charge in [-0.05, 0) is 175 Å². The molecular weight excluding hydrogens is 579 g/mol. The zero-order valence-corrected chi connectivity index (χ0v) is 29.3. The molecule has 11 rings (SSSR count). The van der Waals surface area contributed by atoms with Crippen LogP contribution in [0.1, 0.15) is 113 Å². The van der Waals surface area contributed by atoms with E-state index in [-0.39, 0.29) is 5.41 Å². The molecule has 0 saturated heterocycles. The van der Waals surface area contributed by atoms with E-state index in [1.54, 1.807) is 5.56 Å². The fraction of sp³-hybridized carbons (Fsp3) is 0.489. The molecule has 1 heteroatoms. The third-order valence-electron chi connectivity index (χ3n) is 14.5. The van der Waals surface area contributed by atoms with Gasteiger partial charge in [0.2, 0.25) is 0 Å². The highest BCUT2D eigenvalue weighted by molar-refractivity contribution is 5.85. The van der Waals surface area contributed by atoms with Gasteiger partial charge < -0.3 is 4.90 Å². The van der Waals surface area contributed by atoms with Gasteiger partial charge in [-0.15, -0.1) is 0 Å². The molecule has 48 heavy (non-hydrogen) atoms. The van der Waals surface area contributed by atoms with Gasteiger partial charge >= 0.3 is 0 Å². The summed E-state index contributed by atoms with van der Waals surface area (Å²) >= 11 is 0. The minimum absolute atomic E-state index is 0.0158. The molecule has 6 fully saturated rings. The van der Waals surface area contributed by atoms with E-state index in [0.717, 1.165) is 35.5 Å². The molecule has 7 aliphatic rings. The molecule has 0 aromatic heterocycles. The number of benzene rings is 4. The zero-order chi connectivity index (χ0) is 32.0. The number of anilines is 3. The van der Waals surface area contributed by atoms with E-state index in [1.165, 1.54) is 128 Å². The van der Waals surface area contributed by atoms with Gasteiger partial charge in [-0.2, -0.15) is 0 Å². The fourth-order valence-electron chi connectivity index (χ4n) is 12.9. The Morgan fingerprint density at radius 2 is 1.12 bits per heavy atom. The molecule has 6 bridgehead atoms. The molecule has 4 aromatic carbocycles. The summed E-state index contributed by atoms with van der Waals surface area (Å²) in [5.41, 5.74) is 13.0. The van der Waals surface area contributed by atoms with E-state index < -0.39 is 0 Å². The van der Waals surface area contributed by atoms with Crippen molar-refractivity contribution in [3.8, 4) is 11.1 Å². The van der Waals surface area contributed by atoms with Crippen LogP contribution in [-0.2, 0) is 17.3 Å². The highest BCUT2D eigenvalue weighted by Gasteiger charge is 2.51. The Bertz CT molecular complexity index is 1780. The molecule has 246 valence electrons. The topological polar surface area (TPSA) is 3.24 Å². The molecule has 7 aliphatic carbocycles. The van der Waals surface area contributed by atoms with Crippen molar-refractivity contribution < 1.29 is 0 Å². The molecule has 4 aromatic rings. The predicted molar refractivity (Wildman–Crippen MR) is 200 cm³/mol. The Kier molecular flexibility index (Phi) is 6.84. The van der Waals surface area contributed by atoms with Gasteiger partial charge in [-0.1, -0.05) is 87.7 Å². The van der Waals surface area contributed by atoms with Gasteiger partial charge in [0.1, 0.15) is 0 Å². The number of fused-ring (bicyclic) bond motifs is 5.